The van der Waals surface area contributed by atoms with Crippen LogP contribution in [-0.4, -0.2) is 40.1 Å². The minimum atomic E-state index is -1.24. The summed E-state index contributed by atoms with van der Waals surface area (Å²) < 4.78 is 14.8. The number of rotatable bonds is 8. The van der Waals surface area contributed by atoms with E-state index in [4.69, 9.17) is 9.26 Å². The molecule has 0 aromatic heterocycles. The molecule has 1 saturated heterocycles. The highest BCUT2D eigenvalue weighted by Crippen LogP contribution is 2.51. The smallest absolute Gasteiger partial charge is 0.197 e. The van der Waals surface area contributed by atoms with Gasteiger partial charge in [-0.15, -0.1) is 0 Å². The van der Waals surface area contributed by atoms with E-state index in [1.807, 2.05) is 6.92 Å². The molecular weight excluding hydrogens is 297 g/mol. The maximum atomic E-state index is 12.6. The summed E-state index contributed by atoms with van der Waals surface area (Å²) in [5.41, 5.74) is -0.0661. The summed E-state index contributed by atoms with van der Waals surface area (Å²) in [6.07, 6.45) is 2.47. The van der Waals surface area contributed by atoms with Crippen LogP contribution in [-0.2, 0) is 14.1 Å². The van der Waals surface area contributed by atoms with Crippen LogP contribution >= 0.6 is 8.30 Å². The van der Waals surface area contributed by atoms with E-state index in [1.54, 1.807) is 0 Å². The predicted octanol–water partition coefficient (Wildman–Crippen LogP) is 4.72. The van der Waals surface area contributed by atoms with Crippen molar-refractivity contribution in [3.05, 3.63) is 0 Å². The van der Waals surface area contributed by atoms with E-state index in [0.29, 0.717) is 6.42 Å². The Bertz CT molecular complexity index is 367. The molecule has 130 valence electrons. The molecule has 5 heteroatoms. The average Bonchev–Trinajstić information content (AvgIpc) is 2.71. The van der Waals surface area contributed by atoms with Crippen molar-refractivity contribution < 1.29 is 14.1 Å². The molecule has 2 unspecified atom stereocenters. The Balaban J connectivity index is 3.01. The molecular formula is C17H34NO3P. The van der Waals surface area contributed by atoms with Gasteiger partial charge in [-0.25, -0.2) is 4.67 Å². The van der Waals surface area contributed by atoms with Gasteiger partial charge >= 0.3 is 0 Å². The van der Waals surface area contributed by atoms with Gasteiger partial charge in [0.2, 0.25) is 0 Å². The van der Waals surface area contributed by atoms with Crippen molar-refractivity contribution in [2.45, 2.75) is 105 Å². The first-order valence-corrected chi connectivity index (χ1v) is 9.83. The van der Waals surface area contributed by atoms with Crippen molar-refractivity contribution in [3.63, 3.8) is 0 Å². The molecule has 0 radical (unpaired) electrons. The molecule has 1 aliphatic heterocycles. The van der Waals surface area contributed by atoms with Gasteiger partial charge in [0.15, 0.2) is 13.8 Å². The molecule has 1 aliphatic rings. The van der Waals surface area contributed by atoms with Gasteiger partial charge in [-0.3, -0.25) is 4.79 Å². The van der Waals surface area contributed by atoms with Crippen LogP contribution in [0, 0.1) is 0 Å². The lowest BCUT2D eigenvalue weighted by atomic mass is 9.96. The third-order valence-corrected chi connectivity index (χ3v) is 6.95. The highest BCUT2D eigenvalue weighted by atomic mass is 31.2. The maximum Gasteiger partial charge on any atom is 0.197 e. The Morgan fingerprint density at radius 1 is 1.32 bits per heavy atom. The Kier molecular flexibility index (Phi) is 7.45. The molecule has 0 bridgehead atoms. The van der Waals surface area contributed by atoms with Gasteiger partial charge < -0.3 is 9.26 Å². The number of carbonyl (C=O) groups is 1. The van der Waals surface area contributed by atoms with Crippen LogP contribution in [0.3, 0.4) is 0 Å². The van der Waals surface area contributed by atoms with E-state index in [-0.39, 0.29) is 35.4 Å². The molecule has 0 amide bonds. The summed E-state index contributed by atoms with van der Waals surface area (Å²) in [6.45, 7) is 16.8. The normalized spacial score (nSPS) is 30.5. The van der Waals surface area contributed by atoms with E-state index in [2.05, 4.69) is 53.1 Å². The summed E-state index contributed by atoms with van der Waals surface area (Å²) in [6, 6.07) is 0.573. The van der Waals surface area contributed by atoms with Crippen LogP contribution in [0.5, 0.6) is 0 Å². The monoisotopic (exact) mass is 331 g/mol. The van der Waals surface area contributed by atoms with Crippen molar-refractivity contribution in [1.29, 1.82) is 0 Å². The van der Waals surface area contributed by atoms with E-state index in [1.165, 1.54) is 0 Å². The van der Waals surface area contributed by atoms with Crippen LogP contribution in [0.4, 0.5) is 0 Å². The highest BCUT2D eigenvalue weighted by Gasteiger charge is 2.46. The Morgan fingerprint density at radius 3 is 2.27 bits per heavy atom. The summed E-state index contributed by atoms with van der Waals surface area (Å²) in [4.78, 5) is 12.6. The van der Waals surface area contributed by atoms with Crippen LogP contribution in [0.2, 0.25) is 0 Å². The van der Waals surface area contributed by atoms with E-state index in [9.17, 15) is 4.79 Å². The Hall–Kier alpha value is -0.0200. The second-order valence-corrected chi connectivity index (χ2v) is 8.73. The molecule has 22 heavy (non-hydrogen) atoms. The summed E-state index contributed by atoms with van der Waals surface area (Å²) in [5, 5.41) is 0. The van der Waals surface area contributed by atoms with E-state index < -0.39 is 8.30 Å². The summed E-state index contributed by atoms with van der Waals surface area (Å²) in [7, 11) is -1.24. The highest BCUT2D eigenvalue weighted by molar-refractivity contribution is 7.68. The van der Waals surface area contributed by atoms with Crippen molar-refractivity contribution in [2.75, 3.05) is 0 Å². The fourth-order valence-electron chi connectivity index (χ4n) is 3.11. The van der Waals surface area contributed by atoms with Gasteiger partial charge in [0, 0.05) is 24.9 Å². The molecule has 1 fully saturated rings. The van der Waals surface area contributed by atoms with Crippen LogP contribution in [0.25, 0.3) is 0 Å². The number of carbonyl (C=O) groups excluding carboxylic acids is 1. The van der Waals surface area contributed by atoms with E-state index in [0.717, 1.165) is 12.8 Å². The zero-order valence-electron chi connectivity index (χ0n) is 15.5. The number of ether oxygens (including phenoxy) is 1. The first kappa shape index (κ1) is 20.0. The molecule has 4 nitrogen and oxygen atoms in total. The maximum absolute atomic E-state index is 12.6. The van der Waals surface area contributed by atoms with Crippen molar-refractivity contribution in [2.24, 2.45) is 0 Å². The first-order chi connectivity index (χ1) is 10.2. The van der Waals surface area contributed by atoms with Crippen molar-refractivity contribution >= 4 is 13.8 Å². The lowest BCUT2D eigenvalue weighted by Crippen LogP contribution is -2.40. The third kappa shape index (κ3) is 4.50. The van der Waals surface area contributed by atoms with Gasteiger partial charge in [0.1, 0.15) is 0 Å². The molecule has 1 rings (SSSR count). The second kappa shape index (κ2) is 8.19. The van der Waals surface area contributed by atoms with Crippen LogP contribution in [0.1, 0.15) is 74.7 Å². The zero-order chi connectivity index (χ0) is 17.1. The minimum Gasteiger partial charge on any atom is -0.370 e. The minimum absolute atomic E-state index is 0.00545. The SMILES string of the molecule is CCC(=O)P(OC1C[C@H](C)O[C@@]1(C)CC)N(C(C)C)C(C)C. The predicted molar refractivity (Wildman–Crippen MR) is 93.1 cm³/mol. The number of hydrogen-bond donors (Lipinski definition) is 0. The van der Waals surface area contributed by atoms with Crippen LogP contribution in [0.15, 0.2) is 0 Å². The van der Waals surface area contributed by atoms with Gasteiger partial charge in [0.05, 0.1) is 17.8 Å². The average molecular weight is 331 g/mol. The number of nitrogens with zero attached hydrogens (tertiary/aromatic N) is 1. The topological polar surface area (TPSA) is 38.8 Å². The summed E-state index contributed by atoms with van der Waals surface area (Å²) >= 11 is 0. The van der Waals surface area contributed by atoms with Gasteiger partial charge in [-0.05, 0) is 48.0 Å². The van der Waals surface area contributed by atoms with Gasteiger partial charge in [-0.1, -0.05) is 13.8 Å². The molecule has 4 atom stereocenters. The fraction of sp³-hybridized carbons (Fsp3) is 0.941. The molecule has 0 aromatic rings. The van der Waals surface area contributed by atoms with Crippen LogP contribution < -0.4 is 0 Å². The zero-order valence-corrected chi connectivity index (χ0v) is 16.4. The standard InChI is InChI=1S/C17H34NO3P/c1-9-16(19)22(18(12(3)4)13(5)6)21-15-11-14(7)20-17(15,8)10-2/h12-15H,9-11H2,1-8H3/t14-,15?,17-,22?/m0/s1. The second-order valence-electron chi connectivity index (χ2n) is 7.01. The molecule has 1 heterocycles. The first-order valence-electron chi connectivity index (χ1n) is 8.62. The molecule has 0 aromatic carbocycles. The van der Waals surface area contributed by atoms with Gasteiger partial charge in [-0.2, -0.15) is 0 Å². The molecule has 0 aliphatic carbocycles. The largest absolute Gasteiger partial charge is 0.370 e. The molecule has 0 spiro atoms. The lowest BCUT2D eigenvalue weighted by molar-refractivity contribution is -0.113. The molecule has 0 saturated carbocycles. The summed E-state index contributed by atoms with van der Waals surface area (Å²) in [5.74, 6) is 0. The fourth-order valence-corrected chi connectivity index (χ4v) is 5.26. The van der Waals surface area contributed by atoms with Crippen molar-refractivity contribution in [1.82, 2.24) is 4.67 Å². The Morgan fingerprint density at radius 2 is 1.86 bits per heavy atom. The quantitative estimate of drug-likeness (QED) is 0.603. The number of hydrogen-bond acceptors (Lipinski definition) is 4. The van der Waals surface area contributed by atoms with Crippen molar-refractivity contribution in [3.8, 4) is 0 Å². The molecule has 0 N–H and O–H groups in total. The Labute approximate surface area is 137 Å². The van der Waals surface area contributed by atoms with Gasteiger partial charge in [0.25, 0.3) is 0 Å². The third-order valence-electron chi connectivity index (χ3n) is 4.41. The van der Waals surface area contributed by atoms with E-state index >= 15 is 0 Å². The lowest BCUT2D eigenvalue weighted by Gasteiger charge is -2.39.